The summed E-state index contributed by atoms with van der Waals surface area (Å²) >= 11 is 6.80. The minimum absolute atomic E-state index is 0.300. The molecule has 1 aliphatic rings. The average molecular weight is 268 g/mol. The van der Waals surface area contributed by atoms with E-state index in [0.717, 1.165) is 11.3 Å². The molecule has 0 aromatic carbocycles. The van der Waals surface area contributed by atoms with Crippen molar-refractivity contribution in [3.8, 4) is 0 Å². The fourth-order valence-electron chi connectivity index (χ4n) is 1.35. The fourth-order valence-corrected chi connectivity index (χ4v) is 4.40. The van der Waals surface area contributed by atoms with Crippen LogP contribution in [-0.4, -0.2) is 39.0 Å². The fraction of sp³-hybridized carbons (Fsp3) is 0.500. The smallest absolute Gasteiger partial charge is 0.252 e. The predicted octanol–water partition coefficient (Wildman–Crippen LogP) is 1.42. The maximum absolute atomic E-state index is 12.0. The Morgan fingerprint density at radius 1 is 1.33 bits per heavy atom. The molecule has 2 heterocycles. The van der Waals surface area contributed by atoms with Crippen molar-refractivity contribution in [2.24, 2.45) is 0 Å². The van der Waals surface area contributed by atoms with E-state index in [0.29, 0.717) is 34.8 Å². The lowest BCUT2D eigenvalue weighted by Crippen LogP contribution is -2.40. The highest BCUT2D eigenvalue weighted by Gasteiger charge is 2.27. The topological polar surface area (TPSA) is 46.6 Å². The lowest BCUT2D eigenvalue weighted by molar-refractivity contribution is 0.0731. The summed E-state index contributed by atoms with van der Waals surface area (Å²) in [6.07, 6.45) is 0. The van der Waals surface area contributed by atoms with Gasteiger partial charge in [-0.2, -0.15) is 4.31 Å². The van der Waals surface area contributed by atoms with Crippen LogP contribution in [-0.2, 0) is 14.8 Å². The number of ether oxygens (including phenoxy) is 1. The number of thiophene rings is 1. The molecule has 1 aliphatic heterocycles. The molecule has 0 N–H and O–H groups in total. The van der Waals surface area contributed by atoms with Gasteiger partial charge in [0.05, 0.1) is 17.6 Å². The molecule has 0 atom stereocenters. The van der Waals surface area contributed by atoms with Gasteiger partial charge in [-0.05, 0) is 12.1 Å². The minimum atomic E-state index is -3.35. The third-order valence-corrected chi connectivity index (χ3v) is 5.71. The SMILES string of the molecule is O=S(=O)(c1ccc(Cl)s1)N1CCOCC1. The second-order valence-corrected chi connectivity index (χ2v) is 6.95. The maximum Gasteiger partial charge on any atom is 0.252 e. The molecule has 0 amide bonds. The van der Waals surface area contributed by atoms with Crippen molar-refractivity contribution in [1.29, 1.82) is 0 Å². The van der Waals surface area contributed by atoms with Crippen molar-refractivity contribution in [3.05, 3.63) is 16.5 Å². The average Bonchev–Trinajstić information content (AvgIpc) is 2.67. The molecule has 1 fully saturated rings. The summed E-state index contributed by atoms with van der Waals surface area (Å²) < 4.78 is 31.4. The quantitative estimate of drug-likeness (QED) is 0.814. The first kappa shape index (κ1) is 11.3. The Morgan fingerprint density at radius 2 is 2.00 bits per heavy atom. The third kappa shape index (κ3) is 2.34. The Bertz CT molecular complexity index is 436. The van der Waals surface area contributed by atoms with Gasteiger partial charge in [-0.25, -0.2) is 8.42 Å². The number of hydrogen-bond acceptors (Lipinski definition) is 4. The van der Waals surface area contributed by atoms with Crippen molar-refractivity contribution in [2.45, 2.75) is 4.21 Å². The Hall–Kier alpha value is -0.140. The summed E-state index contributed by atoms with van der Waals surface area (Å²) in [7, 11) is -3.35. The van der Waals surface area contributed by atoms with E-state index >= 15 is 0 Å². The molecule has 0 radical (unpaired) electrons. The van der Waals surface area contributed by atoms with Crippen molar-refractivity contribution in [1.82, 2.24) is 4.31 Å². The van der Waals surface area contributed by atoms with E-state index in [4.69, 9.17) is 16.3 Å². The van der Waals surface area contributed by atoms with E-state index < -0.39 is 10.0 Å². The van der Waals surface area contributed by atoms with Gasteiger partial charge < -0.3 is 4.74 Å². The number of rotatable bonds is 2. The first-order valence-corrected chi connectivity index (χ1v) is 7.07. The molecule has 1 saturated heterocycles. The first-order chi connectivity index (χ1) is 7.10. The Kier molecular flexibility index (Phi) is 3.32. The highest BCUT2D eigenvalue weighted by molar-refractivity contribution is 7.91. The molecule has 0 aliphatic carbocycles. The molecule has 2 rings (SSSR count). The van der Waals surface area contributed by atoms with Crippen LogP contribution in [0.4, 0.5) is 0 Å². The molecule has 7 heteroatoms. The molecular formula is C8H10ClNO3S2. The molecule has 84 valence electrons. The van der Waals surface area contributed by atoms with Crippen molar-refractivity contribution >= 4 is 33.0 Å². The highest BCUT2D eigenvalue weighted by atomic mass is 35.5. The van der Waals surface area contributed by atoms with Crippen LogP contribution in [0, 0.1) is 0 Å². The molecule has 0 spiro atoms. The number of morpholine rings is 1. The van der Waals surface area contributed by atoms with Gasteiger partial charge >= 0.3 is 0 Å². The highest BCUT2D eigenvalue weighted by Crippen LogP contribution is 2.28. The number of sulfonamides is 1. The predicted molar refractivity (Wildman–Crippen MR) is 58.9 cm³/mol. The molecule has 0 saturated carbocycles. The first-order valence-electron chi connectivity index (χ1n) is 4.44. The summed E-state index contributed by atoms with van der Waals surface area (Å²) in [6.45, 7) is 1.74. The Labute approximate surface area is 97.5 Å². The third-order valence-electron chi connectivity index (χ3n) is 2.11. The molecule has 0 bridgehead atoms. The summed E-state index contributed by atoms with van der Waals surface area (Å²) in [5.74, 6) is 0. The van der Waals surface area contributed by atoms with Crippen LogP contribution < -0.4 is 0 Å². The summed E-state index contributed by atoms with van der Waals surface area (Å²) in [5, 5.41) is 0. The molecule has 4 nitrogen and oxygen atoms in total. The van der Waals surface area contributed by atoms with E-state index in [2.05, 4.69) is 0 Å². The lowest BCUT2D eigenvalue weighted by Gasteiger charge is -2.25. The largest absolute Gasteiger partial charge is 0.379 e. The van der Waals surface area contributed by atoms with Crippen molar-refractivity contribution in [2.75, 3.05) is 26.3 Å². The molecule has 1 aromatic heterocycles. The Morgan fingerprint density at radius 3 is 2.53 bits per heavy atom. The van der Waals surface area contributed by atoms with Gasteiger partial charge in [-0.1, -0.05) is 11.6 Å². The van der Waals surface area contributed by atoms with Gasteiger partial charge in [-0.15, -0.1) is 11.3 Å². The zero-order chi connectivity index (χ0) is 10.9. The monoisotopic (exact) mass is 267 g/mol. The zero-order valence-electron chi connectivity index (χ0n) is 7.85. The van der Waals surface area contributed by atoms with Crippen LogP contribution in [0.5, 0.6) is 0 Å². The summed E-state index contributed by atoms with van der Waals surface area (Å²) in [5.41, 5.74) is 0. The van der Waals surface area contributed by atoms with Gasteiger partial charge in [0, 0.05) is 13.1 Å². The van der Waals surface area contributed by atoms with Crippen LogP contribution in [0.25, 0.3) is 0 Å². The van der Waals surface area contributed by atoms with E-state index in [1.807, 2.05) is 0 Å². The normalized spacial score (nSPS) is 19.3. The van der Waals surface area contributed by atoms with E-state index in [1.165, 1.54) is 10.4 Å². The van der Waals surface area contributed by atoms with Crippen LogP contribution in [0.15, 0.2) is 16.3 Å². The van der Waals surface area contributed by atoms with Crippen molar-refractivity contribution in [3.63, 3.8) is 0 Å². The van der Waals surface area contributed by atoms with E-state index in [-0.39, 0.29) is 0 Å². The molecule has 1 aromatic rings. The van der Waals surface area contributed by atoms with Gasteiger partial charge in [0.25, 0.3) is 10.0 Å². The summed E-state index contributed by atoms with van der Waals surface area (Å²) in [6, 6.07) is 3.14. The number of hydrogen-bond donors (Lipinski definition) is 0. The van der Waals surface area contributed by atoms with Gasteiger partial charge in [0.2, 0.25) is 0 Å². The summed E-state index contributed by atoms with van der Waals surface area (Å²) in [4.78, 5) is 0. The van der Waals surface area contributed by atoms with Gasteiger partial charge in [0.15, 0.2) is 0 Å². The van der Waals surface area contributed by atoms with Crippen molar-refractivity contribution < 1.29 is 13.2 Å². The second-order valence-electron chi connectivity index (χ2n) is 3.08. The standard InChI is InChI=1S/C8H10ClNO3S2/c9-7-1-2-8(14-7)15(11,12)10-3-5-13-6-4-10/h1-2H,3-6H2. The van der Waals surface area contributed by atoms with Gasteiger partial charge in [-0.3, -0.25) is 0 Å². The molecule has 0 unspecified atom stereocenters. The van der Waals surface area contributed by atoms with Gasteiger partial charge in [0.1, 0.15) is 4.21 Å². The van der Waals surface area contributed by atoms with E-state index in [9.17, 15) is 8.42 Å². The van der Waals surface area contributed by atoms with Crippen LogP contribution in [0.3, 0.4) is 0 Å². The number of nitrogens with zero attached hydrogens (tertiary/aromatic N) is 1. The maximum atomic E-state index is 12.0. The molecule has 15 heavy (non-hydrogen) atoms. The van der Waals surface area contributed by atoms with Crippen LogP contribution in [0.2, 0.25) is 4.34 Å². The second kappa shape index (κ2) is 4.39. The van der Waals surface area contributed by atoms with Crippen LogP contribution in [0.1, 0.15) is 0 Å². The zero-order valence-corrected chi connectivity index (χ0v) is 10.2. The minimum Gasteiger partial charge on any atom is -0.379 e. The Balaban J connectivity index is 2.26. The number of halogens is 1. The van der Waals surface area contributed by atoms with E-state index in [1.54, 1.807) is 6.07 Å². The molecular weight excluding hydrogens is 258 g/mol. The van der Waals surface area contributed by atoms with Crippen LogP contribution >= 0.6 is 22.9 Å². The lowest BCUT2D eigenvalue weighted by atomic mass is 10.5.